The van der Waals surface area contributed by atoms with Crippen molar-refractivity contribution >= 4 is 0 Å². The van der Waals surface area contributed by atoms with E-state index in [4.69, 9.17) is 9.47 Å². The van der Waals surface area contributed by atoms with E-state index >= 15 is 0 Å². The molecule has 94 valence electrons. The SMILES string of the molecule is CCOc1cc(OCC)cc(-c2ccccc2)c1. The number of rotatable bonds is 5. The fourth-order valence-corrected chi connectivity index (χ4v) is 1.87. The van der Waals surface area contributed by atoms with E-state index in [1.165, 1.54) is 5.56 Å². The van der Waals surface area contributed by atoms with Crippen LogP contribution in [-0.4, -0.2) is 13.2 Å². The van der Waals surface area contributed by atoms with Gasteiger partial charge in [-0.05, 0) is 37.1 Å². The third kappa shape index (κ3) is 3.04. The highest BCUT2D eigenvalue weighted by molar-refractivity contribution is 5.67. The molecule has 2 heteroatoms. The summed E-state index contributed by atoms with van der Waals surface area (Å²) in [6.07, 6.45) is 0. The zero-order chi connectivity index (χ0) is 12.8. The van der Waals surface area contributed by atoms with Crippen LogP contribution in [0.3, 0.4) is 0 Å². The highest BCUT2D eigenvalue weighted by Crippen LogP contribution is 2.29. The molecule has 18 heavy (non-hydrogen) atoms. The van der Waals surface area contributed by atoms with E-state index in [1.807, 2.05) is 50.2 Å². The van der Waals surface area contributed by atoms with E-state index in [0.717, 1.165) is 17.1 Å². The lowest BCUT2D eigenvalue weighted by atomic mass is 10.1. The molecule has 2 rings (SSSR count). The largest absolute Gasteiger partial charge is 0.494 e. The first-order valence-electron chi connectivity index (χ1n) is 6.29. The highest BCUT2D eigenvalue weighted by Gasteiger charge is 2.04. The Kier molecular flexibility index (Phi) is 4.24. The van der Waals surface area contributed by atoms with Crippen LogP contribution in [0, 0.1) is 0 Å². The topological polar surface area (TPSA) is 18.5 Å². The fourth-order valence-electron chi connectivity index (χ4n) is 1.87. The van der Waals surface area contributed by atoms with Crippen LogP contribution < -0.4 is 9.47 Å². The fraction of sp³-hybridized carbons (Fsp3) is 0.250. The van der Waals surface area contributed by atoms with Gasteiger partial charge in [0.05, 0.1) is 13.2 Å². The smallest absolute Gasteiger partial charge is 0.123 e. The summed E-state index contributed by atoms with van der Waals surface area (Å²) in [6.45, 7) is 5.28. The summed E-state index contributed by atoms with van der Waals surface area (Å²) in [5.41, 5.74) is 2.28. The maximum absolute atomic E-state index is 5.57. The third-order valence-corrected chi connectivity index (χ3v) is 2.61. The van der Waals surface area contributed by atoms with E-state index in [2.05, 4.69) is 12.1 Å². The Morgan fingerprint density at radius 1 is 0.722 bits per heavy atom. The summed E-state index contributed by atoms with van der Waals surface area (Å²) in [7, 11) is 0. The molecule has 0 aliphatic rings. The van der Waals surface area contributed by atoms with Crippen LogP contribution in [0.15, 0.2) is 48.5 Å². The van der Waals surface area contributed by atoms with E-state index in [-0.39, 0.29) is 0 Å². The molecule has 0 radical (unpaired) electrons. The third-order valence-electron chi connectivity index (χ3n) is 2.61. The van der Waals surface area contributed by atoms with Crippen molar-refractivity contribution in [1.82, 2.24) is 0 Å². The maximum Gasteiger partial charge on any atom is 0.123 e. The first-order valence-corrected chi connectivity index (χ1v) is 6.29. The van der Waals surface area contributed by atoms with Crippen molar-refractivity contribution in [1.29, 1.82) is 0 Å². The Morgan fingerprint density at radius 3 is 1.78 bits per heavy atom. The number of ether oxygens (including phenoxy) is 2. The van der Waals surface area contributed by atoms with Crippen molar-refractivity contribution in [2.75, 3.05) is 13.2 Å². The summed E-state index contributed by atoms with van der Waals surface area (Å²) in [5, 5.41) is 0. The molecule has 2 aromatic rings. The summed E-state index contributed by atoms with van der Waals surface area (Å²) in [4.78, 5) is 0. The van der Waals surface area contributed by atoms with Gasteiger partial charge in [0, 0.05) is 6.07 Å². The molecule has 0 bridgehead atoms. The molecule has 2 aromatic carbocycles. The van der Waals surface area contributed by atoms with Crippen molar-refractivity contribution in [2.24, 2.45) is 0 Å². The van der Waals surface area contributed by atoms with Gasteiger partial charge in [-0.2, -0.15) is 0 Å². The van der Waals surface area contributed by atoms with Crippen molar-refractivity contribution in [2.45, 2.75) is 13.8 Å². The van der Waals surface area contributed by atoms with Gasteiger partial charge in [-0.3, -0.25) is 0 Å². The summed E-state index contributed by atoms with van der Waals surface area (Å²) >= 11 is 0. The molecule has 0 unspecified atom stereocenters. The Balaban J connectivity index is 2.39. The average molecular weight is 242 g/mol. The second-order valence-electron chi connectivity index (χ2n) is 3.93. The van der Waals surface area contributed by atoms with Gasteiger partial charge in [0.1, 0.15) is 11.5 Å². The predicted molar refractivity (Wildman–Crippen MR) is 74.2 cm³/mol. The standard InChI is InChI=1S/C16H18O2/c1-3-17-15-10-14(11-16(12-15)18-4-2)13-8-6-5-7-9-13/h5-12H,3-4H2,1-2H3. The maximum atomic E-state index is 5.57. The lowest BCUT2D eigenvalue weighted by molar-refractivity contribution is 0.323. The number of hydrogen-bond acceptors (Lipinski definition) is 2. The molecule has 0 fully saturated rings. The summed E-state index contributed by atoms with van der Waals surface area (Å²) < 4.78 is 11.1. The molecule has 0 heterocycles. The first-order chi connectivity index (χ1) is 8.83. The van der Waals surface area contributed by atoms with Crippen LogP contribution in [0.4, 0.5) is 0 Å². The Hall–Kier alpha value is -1.96. The molecule has 0 spiro atoms. The molecule has 0 amide bonds. The normalized spacial score (nSPS) is 10.1. The van der Waals surface area contributed by atoms with Crippen LogP contribution in [0.2, 0.25) is 0 Å². The van der Waals surface area contributed by atoms with Gasteiger partial charge >= 0.3 is 0 Å². The molecule has 0 aliphatic heterocycles. The average Bonchev–Trinajstić information content (AvgIpc) is 2.40. The van der Waals surface area contributed by atoms with Crippen LogP contribution in [0.5, 0.6) is 11.5 Å². The molecule has 0 atom stereocenters. The molecule has 0 saturated carbocycles. The van der Waals surface area contributed by atoms with Gasteiger partial charge in [-0.1, -0.05) is 30.3 Å². The van der Waals surface area contributed by atoms with Crippen LogP contribution in [-0.2, 0) is 0 Å². The molecule has 0 N–H and O–H groups in total. The minimum atomic E-state index is 0.657. The molecule has 0 saturated heterocycles. The van der Waals surface area contributed by atoms with Gasteiger partial charge < -0.3 is 9.47 Å². The van der Waals surface area contributed by atoms with Crippen molar-refractivity contribution in [3.05, 3.63) is 48.5 Å². The zero-order valence-corrected chi connectivity index (χ0v) is 10.8. The van der Waals surface area contributed by atoms with Gasteiger partial charge in [0.15, 0.2) is 0 Å². The summed E-state index contributed by atoms with van der Waals surface area (Å²) in [6, 6.07) is 16.3. The molecular weight excluding hydrogens is 224 g/mol. The predicted octanol–water partition coefficient (Wildman–Crippen LogP) is 4.15. The Bertz CT molecular complexity index is 467. The van der Waals surface area contributed by atoms with Crippen LogP contribution in [0.1, 0.15) is 13.8 Å². The Morgan fingerprint density at radius 2 is 1.28 bits per heavy atom. The number of hydrogen-bond donors (Lipinski definition) is 0. The first kappa shape index (κ1) is 12.5. The van der Waals surface area contributed by atoms with Crippen LogP contribution >= 0.6 is 0 Å². The lowest BCUT2D eigenvalue weighted by Gasteiger charge is -2.10. The van der Waals surface area contributed by atoms with Crippen molar-refractivity contribution < 1.29 is 9.47 Å². The highest BCUT2D eigenvalue weighted by atomic mass is 16.5. The second-order valence-corrected chi connectivity index (χ2v) is 3.93. The van der Waals surface area contributed by atoms with Crippen molar-refractivity contribution in [3.63, 3.8) is 0 Å². The van der Waals surface area contributed by atoms with E-state index in [1.54, 1.807) is 0 Å². The van der Waals surface area contributed by atoms with Gasteiger partial charge in [-0.15, -0.1) is 0 Å². The minimum Gasteiger partial charge on any atom is -0.494 e. The lowest BCUT2D eigenvalue weighted by Crippen LogP contribution is -1.95. The minimum absolute atomic E-state index is 0.657. The van der Waals surface area contributed by atoms with E-state index < -0.39 is 0 Å². The summed E-state index contributed by atoms with van der Waals surface area (Å²) in [5.74, 6) is 1.70. The quantitative estimate of drug-likeness (QED) is 0.784. The molecule has 2 nitrogen and oxygen atoms in total. The van der Waals surface area contributed by atoms with Crippen LogP contribution in [0.25, 0.3) is 11.1 Å². The monoisotopic (exact) mass is 242 g/mol. The van der Waals surface area contributed by atoms with Gasteiger partial charge in [-0.25, -0.2) is 0 Å². The molecule has 0 aromatic heterocycles. The van der Waals surface area contributed by atoms with Crippen molar-refractivity contribution in [3.8, 4) is 22.6 Å². The molecule has 0 aliphatic carbocycles. The Labute approximate surface area is 108 Å². The van der Waals surface area contributed by atoms with Gasteiger partial charge in [0.25, 0.3) is 0 Å². The number of benzene rings is 2. The second kappa shape index (κ2) is 6.10. The van der Waals surface area contributed by atoms with E-state index in [0.29, 0.717) is 13.2 Å². The van der Waals surface area contributed by atoms with Gasteiger partial charge in [0.2, 0.25) is 0 Å². The van der Waals surface area contributed by atoms with E-state index in [9.17, 15) is 0 Å². The molecular formula is C16H18O2. The zero-order valence-electron chi connectivity index (χ0n) is 10.8.